The molecule has 1 saturated heterocycles. The largest absolute Gasteiger partial charge is 0.371 e. The van der Waals surface area contributed by atoms with Gasteiger partial charge in [0, 0.05) is 25.3 Å². The number of anilines is 2. The summed E-state index contributed by atoms with van der Waals surface area (Å²) >= 11 is 0. The highest BCUT2D eigenvalue weighted by Gasteiger charge is 2.29. The lowest BCUT2D eigenvalue weighted by Crippen LogP contribution is -2.31. The summed E-state index contributed by atoms with van der Waals surface area (Å²) in [6, 6.07) is 6.34. The average molecular weight is 308 g/mol. The van der Waals surface area contributed by atoms with Crippen molar-refractivity contribution in [1.29, 1.82) is 0 Å². The first-order valence-electron chi connectivity index (χ1n) is 8.00. The van der Waals surface area contributed by atoms with E-state index in [9.17, 15) is 8.42 Å². The third kappa shape index (κ3) is 2.89. The van der Waals surface area contributed by atoms with Crippen LogP contribution in [0.1, 0.15) is 38.2 Å². The maximum Gasteiger partial charge on any atom is 0.235 e. The van der Waals surface area contributed by atoms with E-state index in [1.165, 1.54) is 18.5 Å². The van der Waals surface area contributed by atoms with Gasteiger partial charge in [-0.25, -0.2) is 8.42 Å². The van der Waals surface area contributed by atoms with Crippen molar-refractivity contribution in [3.8, 4) is 0 Å². The van der Waals surface area contributed by atoms with E-state index in [-0.39, 0.29) is 5.75 Å². The number of hydrogen-bond donors (Lipinski definition) is 0. The molecular weight excluding hydrogens is 284 g/mol. The smallest absolute Gasteiger partial charge is 0.235 e. The summed E-state index contributed by atoms with van der Waals surface area (Å²) in [5.74, 6) is 0.261. The van der Waals surface area contributed by atoms with Crippen LogP contribution in [0.5, 0.6) is 0 Å². The maximum atomic E-state index is 12.5. The van der Waals surface area contributed by atoms with Gasteiger partial charge in [0.1, 0.15) is 0 Å². The zero-order valence-corrected chi connectivity index (χ0v) is 13.5. The van der Waals surface area contributed by atoms with Crippen LogP contribution < -0.4 is 9.21 Å². The number of sulfonamides is 1. The fourth-order valence-electron chi connectivity index (χ4n) is 3.24. The Labute approximate surface area is 127 Å². The average Bonchev–Trinajstić information content (AvgIpc) is 3.13. The molecule has 1 aromatic carbocycles. The van der Waals surface area contributed by atoms with Gasteiger partial charge >= 0.3 is 0 Å². The Morgan fingerprint density at radius 2 is 1.90 bits per heavy atom. The van der Waals surface area contributed by atoms with Crippen LogP contribution in [0.4, 0.5) is 11.4 Å². The van der Waals surface area contributed by atoms with Crippen LogP contribution in [-0.4, -0.2) is 33.8 Å². The van der Waals surface area contributed by atoms with Gasteiger partial charge in [0.25, 0.3) is 0 Å². The molecule has 0 N–H and O–H groups in total. The van der Waals surface area contributed by atoms with Crippen LogP contribution in [0.15, 0.2) is 18.2 Å². The number of rotatable bonds is 5. The minimum absolute atomic E-state index is 0.261. The predicted octanol–water partition coefficient (Wildman–Crippen LogP) is 2.78. The third-order valence-corrected chi connectivity index (χ3v) is 6.34. The molecule has 2 aliphatic heterocycles. The first kappa shape index (κ1) is 14.7. The molecule has 2 heterocycles. The zero-order chi connectivity index (χ0) is 14.9. The molecular formula is C16H24N2O2S. The molecule has 0 atom stereocenters. The van der Waals surface area contributed by atoms with Gasteiger partial charge in [0.15, 0.2) is 0 Å². The van der Waals surface area contributed by atoms with Crippen molar-refractivity contribution in [3.63, 3.8) is 0 Å². The van der Waals surface area contributed by atoms with Gasteiger partial charge in [-0.2, -0.15) is 0 Å². The Hall–Kier alpha value is -1.23. The Bertz CT molecular complexity index is 607. The molecule has 3 rings (SSSR count). The van der Waals surface area contributed by atoms with Gasteiger partial charge in [-0.15, -0.1) is 0 Å². The molecule has 0 unspecified atom stereocenters. The van der Waals surface area contributed by atoms with E-state index >= 15 is 0 Å². The highest BCUT2D eigenvalue weighted by molar-refractivity contribution is 7.92. The molecule has 0 saturated carbocycles. The fraction of sp³-hybridized carbons (Fsp3) is 0.625. The predicted molar refractivity (Wildman–Crippen MR) is 87.6 cm³/mol. The van der Waals surface area contributed by atoms with Crippen LogP contribution in [0.25, 0.3) is 0 Å². The Kier molecular flexibility index (Phi) is 4.11. The molecule has 1 aromatic rings. The molecule has 0 aliphatic carbocycles. The highest BCUT2D eigenvalue weighted by Crippen LogP contribution is 2.35. The summed E-state index contributed by atoms with van der Waals surface area (Å²) in [7, 11) is -3.16. The molecule has 116 valence electrons. The molecule has 2 aliphatic rings. The topological polar surface area (TPSA) is 40.6 Å². The lowest BCUT2D eigenvalue weighted by atomic mass is 10.1. The monoisotopic (exact) mass is 308 g/mol. The molecule has 1 fully saturated rings. The fourth-order valence-corrected chi connectivity index (χ4v) is 4.95. The Balaban J connectivity index is 1.88. The highest BCUT2D eigenvalue weighted by atomic mass is 32.2. The van der Waals surface area contributed by atoms with Gasteiger partial charge in [0.05, 0.1) is 11.4 Å². The number of unbranched alkanes of at least 4 members (excludes halogenated alkanes) is 1. The normalized spacial score (nSPS) is 18.3. The number of hydrogen-bond acceptors (Lipinski definition) is 3. The van der Waals surface area contributed by atoms with Crippen molar-refractivity contribution < 1.29 is 8.42 Å². The zero-order valence-electron chi connectivity index (χ0n) is 12.7. The van der Waals surface area contributed by atoms with E-state index in [4.69, 9.17) is 0 Å². The summed E-state index contributed by atoms with van der Waals surface area (Å²) < 4.78 is 26.6. The van der Waals surface area contributed by atoms with Gasteiger partial charge in [0.2, 0.25) is 10.0 Å². The quantitative estimate of drug-likeness (QED) is 0.840. The van der Waals surface area contributed by atoms with Gasteiger partial charge < -0.3 is 4.90 Å². The van der Waals surface area contributed by atoms with Gasteiger partial charge in [-0.05, 0) is 43.4 Å². The molecule has 0 aromatic heterocycles. The lowest BCUT2D eigenvalue weighted by molar-refractivity contribution is 0.589. The lowest BCUT2D eigenvalue weighted by Gasteiger charge is -2.22. The third-order valence-electron chi connectivity index (χ3n) is 4.48. The molecule has 4 nitrogen and oxygen atoms in total. The van der Waals surface area contributed by atoms with E-state index in [1.54, 1.807) is 4.31 Å². The maximum absolute atomic E-state index is 12.5. The minimum atomic E-state index is -3.16. The number of benzene rings is 1. The standard InChI is InChI=1S/C16H24N2O2S/c1-2-3-12-21(19,20)18-11-8-14-6-7-15(13-16(14)18)17-9-4-5-10-17/h6-7,13H,2-5,8-12H2,1H3. The first-order valence-corrected chi connectivity index (χ1v) is 9.61. The summed E-state index contributed by atoms with van der Waals surface area (Å²) in [4.78, 5) is 2.36. The molecule has 0 spiro atoms. The van der Waals surface area contributed by atoms with Gasteiger partial charge in [-0.1, -0.05) is 19.4 Å². The van der Waals surface area contributed by atoms with Crippen LogP contribution in [0.3, 0.4) is 0 Å². The van der Waals surface area contributed by atoms with Gasteiger partial charge in [-0.3, -0.25) is 4.31 Å². The van der Waals surface area contributed by atoms with Crippen molar-refractivity contribution in [2.75, 3.05) is 34.6 Å². The molecule has 5 heteroatoms. The van der Waals surface area contributed by atoms with E-state index in [0.29, 0.717) is 6.54 Å². The molecule has 0 amide bonds. The second-order valence-electron chi connectivity index (χ2n) is 6.00. The van der Waals surface area contributed by atoms with Crippen LogP contribution in [0, 0.1) is 0 Å². The van der Waals surface area contributed by atoms with Crippen LogP contribution >= 0.6 is 0 Å². The second kappa shape index (κ2) is 5.87. The second-order valence-corrected chi connectivity index (χ2v) is 8.01. The summed E-state index contributed by atoms with van der Waals surface area (Å²) in [5, 5.41) is 0. The Morgan fingerprint density at radius 3 is 2.62 bits per heavy atom. The van der Waals surface area contributed by atoms with E-state index in [2.05, 4.69) is 23.1 Å². The number of fused-ring (bicyclic) bond motifs is 1. The first-order chi connectivity index (χ1) is 10.1. The molecule has 0 radical (unpaired) electrons. The van der Waals surface area contributed by atoms with Crippen LogP contribution in [-0.2, 0) is 16.4 Å². The van der Waals surface area contributed by atoms with Crippen molar-refractivity contribution in [2.45, 2.75) is 39.0 Å². The van der Waals surface area contributed by atoms with E-state index in [0.717, 1.165) is 43.6 Å². The molecule has 21 heavy (non-hydrogen) atoms. The van der Waals surface area contributed by atoms with Crippen LogP contribution in [0.2, 0.25) is 0 Å². The van der Waals surface area contributed by atoms with Crippen molar-refractivity contribution in [2.24, 2.45) is 0 Å². The molecule has 0 bridgehead atoms. The van der Waals surface area contributed by atoms with E-state index in [1.807, 2.05) is 6.92 Å². The summed E-state index contributed by atoms with van der Waals surface area (Å²) in [6.45, 7) is 4.80. The summed E-state index contributed by atoms with van der Waals surface area (Å²) in [6.07, 6.45) is 4.94. The number of nitrogens with zero attached hydrogens (tertiary/aromatic N) is 2. The van der Waals surface area contributed by atoms with Crippen molar-refractivity contribution in [1.82, 2.24) is 0 Å². The van der Waals surface area contributed by atoms with Crippen molar-refractivity contribution in [3.05, 3.63) is 23.8 Å². The summed E-state index contributed by atoms with van der Waals surface area (Å²) in [5.41, 5.74) is 3.25. The Morgan fingerprint density at radius 1 is 1.14 bits per heavy atom. The van der Waals surface area contributed by atoms with E-state index < -0.39 is 10.0 Å². The SMILES string of the molecule is CCCCS(=O)(=O)N1CCc2ccc(N3CCCC3)cc21. The van der Waals surface area contributed by atoms with Crippen molar-refractivity contribution >= 4 is 21.4 Å². The minimum Gasteiger partial charge on any atom is -0.371 e.